The van der Waals surface area contributed by atoms with E-state index in [4.69, 9.17) is 14.3 Å². The first-order valence-corrected chi connectivity index (χ1v) is 54.0. The molecule has 18 nitrogen and oxygen atoms in total. The summed E-state index contributed by atoms with van der Waals surface area (Å²) in [5, 5.41) is 44.1. The molecule has 27 heterocycles. The average Bonchev–Trinajstić information content (AvgIpc) is 0.973. The SMILES string of the molecule is C1=CC2CCCC1N2.C1CC2CC1CN2.C1CC2CCC(C1)N2.C1CC2CCC(C1)N2.C1CC2CCC(C1)N2.C1CC2CCC(C2)N1.C1CC2CCC1CN2.C1CC2CCN(C1)C2.C1CC2CCN(C1)O2.C1CC2CNC(C1)C2.C1CC2CNC1CO2.C1CC2CNCC1C2.C1CN2CCC(C2)O1.C1NCC2CC1C2.c1ccc2c(c1)C1CCC2NC1. The predicted molar refractivity (Wildman–Crippen MR) is 503 cm³/mol. The fraction of sp³-hybridized carbons (Fsp3) is 0.923. The van der Waals surface area contributed by atoms with Crippen LogP contribution in [0.25, 0.3) is 0 Å². The summed E-state index contributed by atoms with van der Waals surface area (Å²) in [6, 6.07) is 20.8. The Labute approximate surface area is 744 Å². The number of benzene rings is 1. The number of morpholine rings is 2. The fourth-order valence-corrected chi connectivity index (χ4v) is 27.8. The van der Waals surface area contributed by atoms with Crippen LogP contribution in [0.3, 0.4) is 0 Å². The van der Waals surface area contributed by atoms with E-state index in [1.165, 1.54) is 413 Å². The van der Waals surface area contributed by atoms with Crippen molar-refractivity contribution >= 4 is 0 Å². The van der Waals surface area contributed by atoms with Crippen LogP contribution in [0, 0.1) is 53.3 Å². The molecular formula is C104H183N15O3. The molecule has 7 aliphatic carbocycles. The Bertz CT molecular complexity index is 2440. The molecule has 0 spiro atoms. The van der Waals surface area contributed by atoms with Gasteiger partial charge in [0.15, 0.2) is 0 Å². The van der Waals surface area contributed by atoms with E-state index < -0.39 is 0 Å². The standard InChI is InChI=1S/C11H13N.8C7H13N.C7H11N.3C6H11NO.2C6H11N/c1-2-4-10-9(3-1)8-5-6-11(10)12-7-8;1-3-7-4-2-6(1)5-8-7;1-2-7-3-6(1)4-8-5-7;1-2-7-5-6(1)3-4-8-7;1-2-7-3-5-8(4-1)6-7;1-2-6-4-7(3-1)8-5-6;4*1-2-6-4-5-7(3-1)8-6;1-2-6-3-7-5(1)4-8-6;1-2-7-3-4-8-6(1)5-7;1-2-6-3-5-7(4-1)8-6;1-5-2-6(1)4-7-3-5;1-2-6-3-5(1)4-7-6/h1-4,8,11-12H,5-7H2;3*6-8H,1-5H2;7H,1-6H2;4*6-8H,1-5H2;4-8H,1-3H2;5-7H,1-4H2;2*6H,1-5H2;2*5-7H,1-4H2. The van der Waals surface area contributed by atoms with Gasteiger partial charge in [-0.3, -0.25) is 9.74 Å². The molecule has 0 radical (unpaired) electrons. The summed E-state index contributed by atoms with van der Waals surface area (Å²) in [5.74, 6) is 10.4. The number of ether oxygens (including phenoxy) is 2. The van der Waals surface area contributed by atoms with Gasteiger partial charge in [-0.2, -0.15) is 5.06 Å². The molecule has 25 saturated heterocycles. The van der Waals surface area contributed by atoms with E-state index in [9.17, 15) is 0 Å². The number of nitrogens with zero attached hydrogens (tertiary/aromatic N) is 3. The van der Waals surface area contributed by atoms with Crippen molar-refractivity contribution in [1.29, 1.82) is 0 Å². The van der Waals surface area contributed by atoms with Crippen molar-refractivity contribution in [1.82, 2.24) is 78.7 Å². The summed E-state index contributed by atoms with van der Waals surface area (Å²) in [5.41, 5.74) is 3.16. The highest BCUT2D eigenvalue weighted by atomic mass is 16.7. The molecule has 12 N–H and O–H groups in total. The number of piperidine rings is 14. The number of hydroxylamine groups is 2. The zero-order valence-corrected chi connectivity index (χ0v) is 77.4. The van der Waals surface area contributed by atoms with E-state index in [0.29, 0.717) is 30.4 Å². The van der Waals surface area contributed by atoms with Gasteiger partial charge in [0, 0.05) is 137 Å². The van der Waals surface area contributed by atoms with Crippen molar-refractivity contribution in [2.24, 2.45) is 53.3 Å². The summed E-state index contributed by atoms with van der Waals surface area (Å²) in [6.07, 6.45) is 76.7. The maximum absolute atomic E-state index is 5.43. The van der Waals surface area contributed by atoms with Crippen LogP contribution >= 0.6 is 0 Å². The lowest BCUT2D eigenvalue weighted by atomic mass is 9.72. The highest BCUT2D eigenvalue weighted by Crippen LogP contribution is 2.42. The van der Waals surface area contributed by atoms with Crippen molar-refractivity contribution in [3.8, 4) is 0 Å². The zero-order chi connectivity index (χ0) is 82.1. The molecule has 1 aromatic carbocycles. The Kier molecular flexibility index (Phi) is 37.1. The van der Waals surface area contributed by atoms with Crippen molar-refractivity contribution in [3.63, 3.8) is 0 Å². The largest absolute Gasteiger partial charge is 0.376 e. The topological polar surface area (TPSA) is 182 Å². The minimum atomic E-state index is 0.542. The van der Waals surface area contributed by atoms with Gasteiger partial charge >= 0.3 is 0 Å². The first-order valence-electron chi connectivity index (χ1n) is 54.0. The maximum Gasteiger partial charge on any atom is 0.0806 e. The molecule has 26 unspecified atom stereocenters. The monoisotopic (exact) mass is 1690 g/mol. The van der Waals surface area contributed by atoms with Gasteiger partial charge in [0.2, 0.25) is 0 Å². The number of rotatable bonds is 0. The first-order chi connectivity index (χ1) is 60.2. The molecule has 6 saturated carbocycles. The van der Waals surface area contributed by atoms with Crippen molar-refractivity contribution < 1.29 is 14.3 Å². The van der Waals surface area contributed by atoms with Crippen LogP contribution in [-0.4, -0.2) is 243 Å². The van der Waals surface area contributed by atoms with E-state index >= 15 is 0 Å². The molecule has 30 bridgehead atoms. The Balaban J connectivity index is 0.0000000931. The lowest BCUT2D eigenvalue weighted by molar-refractivity contribution is -0.169. The third-order valence-electron chi connectivity index (χ3n) is 35.5. The van der Waals surface area contributed by atoms with Crippen LogP contribution in [-0.2, 0) is 14.3 Å². The van der Waals surface area contributed by atoms with Crippen molar-refractivity contribution in [2.45, 2.75) is 423 Å². The van der Waals surface area contributed by atoms with Gasteiger partial charge in [0.1, 0.15) is 0 Å². The van der Waals surface area contributed by atoms with Crippen LogP contribution in [0.5, 0.6) is 0 Å². The molecule has 34 aliphatic rings. The number of fused-ring (bicyclic) bond motifs is 32. The van der Waals surface area contributed by atoms with Crippen LogP contribution in [0.15, 0.2) is 36.4 Å². The highest BCUT2D eigenvalue weighted by Gasteiger charge is 2.38. The van der Waals surface area contributed by atoms with E-state index in [-0.39, 0.29) is 0 Å². The molecular weight excluding hydrogens is 1510 g/mol. The highest BCUT2D eigenvalue weighted by molar-refractivity contribution is 5.37. The second kappa shape index (κ2) is 49.1. The maximum atomic E-state index is 5.43. The molecule has 35 rings (SSSR count). The Hall–Kier alpha value is -1.76. The Morgan fingerprint density at radius 1 is 0.270 bits per heavy atom. The van der Waals surface area contributed by atoms with Crippen LogP contribution in [0.2, 0.25) is 0 Å². The second-order valence-electron chi connectivity index (χ2n) is 44.9. The lowest BCUT2D eigenvalue weighted by Crippen LogP contribution is -2.51. The van der Waals surface area contributed by atoms with E-state index in [2.05, 4.69) is 115 Å². The van der Waals surface area contributed by atoms with Gasteiger partial charge in [0.25, 0.3) is 0 Å². The average molecular weight is 1690 g/mol. The minimum Gasteiger partial charge on any atom is -0.376 e. The van der Waals surface area contributed by atoms with Gasteiger partial charge in [-0.25, -0.2) is 0 Å². The van der Waals surface area contributed by atoms with Crippen LogP contribution < -0.4 is 63.8 Å². The summed E-state index contributed by atoms with van der Waals surface area (Å²) in [6.45, 7) is 24.8. The Morgan fingerprint density at radius 3 is 1.21 bits per heavy atom. The second-order valence-corrected chi connectivity index (χ2v) is 44.9. The smallest absolute Gasteiger partial charge is 0.0806 e. The number of hydrogen-bond acceptors (Lipinski definition) is 18. The van der Waals surface area contributed by atoms with Crippen molar-refractivity contribution in [2.75, 3.05) is 131 Å². The van der Waals surface area contributed by atoms with Gasteiger partial charge < -0.3 is 78.2 Å². The summed E-state index contributed by atoms with van der Waals surface area (Å²) in [7, 11) is 0. The third kappa shape index (κ3) is 29.4. The van der Waals surface area contributed by atoms with E-state index in [0.717, 1.165) is 165 Å². The van der Waals surface area contributed by atoms with Crippen LogP contribution in [0.4, 0.5) is 0 Å². The molecule has 1 aromatic rings. The Morgan fingerprint density at radius 2 is 0.770 bits per heavy atom. The summed E-state index contributed by atoms with van der Waals surface area (Å²) < 4.78 is 10.8. The third-order valence-corrected chi connectivity index (χ3v) is 35.5. The molecule has 27 aliphatic heterocycles. The van der Waals surface area contributed by atoms with E-state index in [1.54, 1.807) is 11.1 Å². The number of nitrogens with one attached hydrogen (secondary N) is 12. The summed E-state index contributed by atoms with van der Waals surface area (Å²) in [4.78, 5) is 10.5. The molecule has 31 fully saturated rings. The fourth-order valence-electron chi connectivity index (χ4n) is 27.8. The molecule has 122 heavy (non-hydrogen) atoms. The first kappa shape index (κ1) is 92.1. The minimum absolute atomic E-state index is 0.542. The van der Waals surface area contributed by atoms with Crippen molar-refractivity contribution in [3.05, 3.63) is 47.5 Å². The molecule has 0 aromatic heterocycles. The van der Waals surface area contributed by atoms with Gasteiger partial charge in [0.05, 0.1) is 31.5 Å². The molecule has 692 valence electrons. The lowest BCUT2D eigenvalue weighted by Gasteiger charge is -2.41. The normalized spacial score (nSPS) is 43.9. The quantitative estimate of drug-likeness (QED) is 0.110. The molecule has 0 amide bonds. The van der Waals surface area contributed by atoms with E-state index in [1.807, 2.05) is 0 Å². The zero-order valence-electron chi connectivity index (χ0n) is 77.4. The molecule has 18 heteroatoms. The number of hydrogen-bond donors (Lipinski definition) is 12. The molecule has 26 atom stereocenters. The predicted octanol–water partition coefficient (Wildman–Crippen LogP) is 15.1. The van der Waals surface area contributed by atoms with Gasteiger partial charge in [-0.15, -0.1) is 0 Å². The van der Waals surface area contributed by atoms with Crippen LogP contribution in [0.1, 0.15) is 338 Å². The van der Waals surface area contributed by atoms with Gasteiger partial charge in [-0.05, 0) is 425 Å². The summed E-state index contributed by atoms with van der Waals surface area (Å²) >= 11 is 0. The van der Waals surface area contributed by atoms with Gasteiger partial charge in [-0.1, -0.05) is 62.1 Å².